The lowest BCUT2D eigenvalue weighted by Crippen LogP contribution is -1.76. The molecule has 1 heterocycles. The highest BCUT2D eigenvalue weighted by Crippen LogP contribution is 2.15. The molecule has 70 valence electrons. The highest BCUT2D eigenvalue weighted by molar-refractivity contribution is 6.18. The predicted molar refractivity (Wildman–Crippen MR) is 60.5 cm³/mol. The fraction of sp³-hybridized carbons (Fsp3) is 0.167. The number of halogens is 1. The third kappa shape index (κ3) is 1.76. The standard InChI is InChI=1S/C12H10ClN/c13-8-2-1-4-10-5-3-6-12-11(10)7-9-14-12/h3,5-7,9,14H,2,8H2. The summed E-state index contributed by atoms with van der Waals surface area (Å²) in [5.74, 6) is 6.75. The van der Waals surface area contributed by atoms with Gasteiger partial charge in [0.15, 0.2) is 0 Å². The Hall–Kier alpha value is -1.39. The zero-order valence-corrected chi connectivity index (χ0v) is 8.43. The summed E-state index contributed by atoms with van der Waals surface area (Å²) >= 11 is 5.56. The Kier molecular flexibility index (Phi) is 2.76. The van der Waals surface area contributed by atoms with E-state index in [4.69, 9.17) is 11.6 Å². The zero-order chi connectivity index (χ0) is 9.80. The van der Waals surface area contributed by atoms with Crippen LogP contribution in [0.4, 0.5) is 0 Å². The molecule has 0 aliphatic heterocycles. The molecule has 1 N–H and O–H groups in total. The van der Waals surface area contributed by atoms with Gasteiger partial charge in [0.25, 0.3) is 0 Å². The molecule has 0 unspecified atom stereocenters. The maximum atomic E-state index is 5.56. The van der Waals surface area contributed by atoms with Crippen molar-refractivity contribution in [1.82, 2.24) is 4.98 Å². The minimum atomic E-state index is 0.593. The highest BCUT2D eigenvalue weighted by atomic mass is 35.5. The van der Waals surface area contributed by atoms with Crippen molar-refractivity contribution < 1.29 is 0 Å². The highest BCUT2D eigenvalue weighted by Gasteiger charge is 1.96. The van der Waals surface area contributed by atoms with Crippen LogP contribution in [0.25, 0.3) is 10.9 Å². The van der Waals surface area contributed by atoms with E-state index in [1.807, 2.05) is 30.5 Å². The third-order valence-corrected chi connectivity index (χ3v) is 2.23. The molecule has 14 heavy (non-hydrogen) atoms. The SMILES string of the molecule is ClCCC#Cc1cccc2[nH]ccc12. The molecular formula is C12H10ClN. The van der Waals surface area contributed by atoms with E-state index in [0.717, 1.165) is 17.5 Å². The molecular weight excluding hydrogens is 194 g/mol. The Morgan fingerprint density at radius 1 is 1.29 bits per heavy atom. The van der Waals surface area contributed by atoms with Gasteiger partial charge in [0, 0.05) is 35.0 Å². The first-order valence-electron chi connectivity index (χ1n) is 4.53. The number of H-pyrrole nitrogens is 1. The molecule has 0 bridgehead atoms. The van der Waals surface area contributed by atoms with Crippen molar-refractivity contribution in [3.63, 3.8) is 0 Å². The summed E-state index contributed by atoms with van der Waals surface area (Å²) in [6, 6.07) is 8.11. The average Bonchev–Trinajstić information content (AvgIpc) is 2.67. The molecule has 0 aliphatic rings. The monoisotopic (exact) mass is 203 g/mol. The van der Waals surface area contributed by atoms with E-state index in [9.17, 15) is 0 Å². The Morgan fingerprint density at radius 3 is 3.07 bits per heavy atom. The lowest BCUT2D eigenvalue weighted by atomic mass is 10.1. The summed E-state index contributed by atoms with van der Waals surface area (Å²) < 4.78 is 0. The number of benzene rings is 1. The predicted octanol–water partition coefficient (Wildman–Crippen LogP) is 3.15. The molecule has 1 aromatic carbocycles. The number of hydrogen-bond acceptors (Lipinski definition) is 0. The molecule has 0 spiro atoms. The maximum absolute atomic E-state index is 5.56. The topological polar surface area (TPSA) is 15.8 Å². The van der Waals surface area contributed by atoms with Crippen LogP contribution in [0.2, 0.25) is 0 Å². The van der Waals surface area contributed by atoms with Crippen LogP contribution in [0, 0.1) is 11.8 Å². The first-order chi connectivity index (χ1) is 6.92. The van der Waals surface area contributed by atoms with Gasteiger partial charge in [-0.25, -0.2) is 0 Å². The minimum absolute atomic E-state index is 0.593. The second-order valence-corrected chi connectivity index (χ2v) is 3.36. The first kappa shape index (κ1) is 9.18. The van der Waals surface area contributed by atoms with Crippen LogP contribution in [0.1, 0.15) is 12.0 Å². The van der Waals surface area contributed by atoms with Crippen molar-refractivity contribution in [2.75, 3.05) is 5.88 Å². The van der Waals surface area contributed by atoms with Crippen LogP contribution in [0.5, 0.6) is 0 Å². The fourth-order valence-corrected chi connectivity index (χ4v) is 1.49. The van der Waals surface area contributed by atoms with Gasteiger partial charge >= 0.3 is 0 Å². The van der Waals surface area contributed by atoms with E-state index in [2.05, 4.69) is 16.8 Å². The summed E-state index contributed by atoms with van der Waals surface area (Å²) in [5, 5.41) is 1.18. The summed E-state index contributed by atoms with van der Waals surface area (Å²) in [7, 11) is 0. The second-order valence-electron chi connectivity index (χ2n) is 2.99. The molecule has 0 fully saturated rings. The van der Waals surface area contributed by atoms with Gasteiger partial charge in [0.05, 0.1) is 0 Å². The summed E-state index contributed by atoms with van der Waals surface area (Å²) in [6.45, 7) is 0. The molecule has 0 aliphatic carbocycles. The van der Waals surface area contributed by atoms with Crippen LogP contribution in [-0.2, 0) is 0 Å². The summed E-state index contributed by atoms with van der Waals surface area (Å²) in [6.07, 6.45) is 2.67. The Labute approximate surface area is 88.1 Å². The van der Waals surface area contributed by atoms with Gasteiger partial charge < -0.3 is 4.98 Å². The van der Waals surface area contributed by atoms with Crippen molar-refractivity contribution in [2.45, 2.75) is 6.42 Å². The molecule has 2 rings (SSSR count). The van der Waals surface area contributed by atoms with Crippen molar-refractivity contribution in [3.05, 3.63) is 36.0 Å². The molecule has 2 aromatic rings. The zero-order valence-electron chi connectivity index (χ0n) is 7.68. The third-order valence-electron chi connectivity index (χ3n) is 2.04. The van der Waals surface area contributed by atoms with Gasteiger partial charge in [-0.15, -0.1) is 11.6 Å². The van der Waals surface area contributed by atoms with Crippen LogP contribution in [-0.4, -0.2) is 10.9 Å². The van der Waals surface area contributed by atoms with E-state index < -0.39 is 0 Å². The largest absolute Gasteiger partial charge is 0.361 e. The minimum Gasteiger partial charge on any atom is -0.361 e. The van der Waals surface area contributed by atoms with Gasteiger partial charge in [-0.05, 0) is 18.2 Å². The normalized spacial score (nSPS) is 9.79. The second kappa shape index (κ2) is 4.21. The lowest BCUT2D eigenvalue weighted by molar-refractivity contribution is 1.29. The van der Waals surface area contributed by atoms with Gasteiger partial charge in [-0.1, -0.05) is 17.9 Å². The van der Waals surface area contributed by atoms with E-state index in [-0.39, 0.29) is 0 Å². The van der Waals surface area contributed by atoms with Crippen molar-refractivity contribution in [3.8, 4) is 11.8 Å². The summed E-state index contributed by atoms with van der Waals surface area (Å²) in [4.78, 5) is 3.16. The quantitative estimate of drug-likeness (QED) is 0.542. The number of hydrogen-bond donors (Lipinski definition) is 1. The molecule has 2 heteroatoms. The lowest BCUT2D eigenvalue weighted by Gasteiger charge is -1.92. The molecule has 1 nitrogen and oxygen atoms in total. The summed E-state index contributed by atoms with van der Waals surface area (Å²) in [5.41, 5.74) is 2.19. The Balaban J connectivity index is 2.43. The van der Waals surface area contributed by atoms with E-state index in [1.165, 1.54) is 5.39 Å². The maximum Gasteiger partial charge on any atom is 0.0466 e. The number of aromatic nitrogens is 1. The van der Waals surface area contributed by atoms with Crippen LogP contribution in [0.15, 0.2) is 30.5 Å². The van der Waals surface area contributed by atoms with Crippen LogP contribution >= 0.6 is 11.6 Å². The van der Waals surface area contributed by atoms with Crippen molar-refractivity contribution >= 4 is 22.5 Å². The Bertz CT molecular complexity index is 487. The van der Waals surface area contributed by atoms with Crippen LogP contribution < -0.4 is 0 Å². The first-order valence-corrected chi connectivity index (χ1v) is 5.06. The van der Waals surface area contributed by atoms with Crippen LogP contribution in [0.3, 0.4) is 0 Å². The molecule has 0 radical (unpaired) electrons. The van der Waals surface area contributed by atoms with Gasteiger partial charge in [0.1, 0.15) is 0 Å². The number of rotatable bonds is 1. The number of fused-ring (bicyclic) bond motifs is 1. The molecule has 1 aromatic heterocycles. The average molecular weight is 204 g/mol. The van der Waals surface area contributed by atoms with Gasteiger partial charge in [0.2, 0.25) is 0 Å². The number of nitrogens with one attached hydrogen (secondary N) is 1. The smallest absolute Gasteiger partial charge is 0.0466 e. The van der Waals surface area contributed by atoms with Crippen molar-refractivity contribution in [1.29, 1.82) is 0 Å². The van der Waals surface area contributed by atoms with Gasteiger partial charge in [-0.2, -0.15) is 0 Å². The molecule has 0 saturated heterocycles. The number of alkyl halides is 1. The van der Waals surface area contributed by atoms with Crippen molar-refractivity contribution in [2.24, 2.45) is 0 Å². The van der Waals surface area contributed by atoms with Gasteiger partial charge in [-0.3, -0.25) is 0 Å². The fourth-order valence-electron chi connectivity index (χ4n) is 1.40. The molecule has 0 atom stereocenters. The van der Waals surface area contributed by atoms with E-state index >= 15 is 0 Å². The molecule has 0 saturated carbocycles. The Morgan fingerprint density at radius 2 is 2.21 bits per heavy atom. The molecule has 0 amide bonds. The van der Waals surface area contributed by atoms with E-state index in [1.54, 1.807) is 0 Å². The number of aromatic amines is 1. The van der Waals surface area contributed by atoms with E-state index in [0.29, 0.717) is 5.88 Å².